The van der Waals surface area contributed by atoms with E-state index in [4.69, 9.17) is 5.11 Å². The van der Waals surface area contributed by atoms with Gasteiger partial charge in [-0.1, -0.05) is 0 Å². The van der Waals surface area contributed by atoms with Gasteiger partial charge in [-0.2, -0.15) is 0 Å². The van der Waals surface area contributed by atoms with E-state index in [1.807, 2.05) is 0 Å². The maximum Gasteiger partial charge on any atom is 0.0668 e. The summed E-state index contributed by atoms with van der Waals surface area (Å²) >= 11 is 0. The molecule has 0 saturated carbocycles. The lowest BCUT2D eigenvalue weighted by Crippen LogP contribution is -2.30. The molecular formula is C9H19NO2. The summed E-state index contributed by atoms with van der Waals surface area (Å²) in [7, 11) is 0. The van der Waals surface area contributed by atoms with Crippen LogP contribution in [-0.4, -0.2) is 47.5 Å². The summed E-state index contributed by atoms with van der Waals surface area (Å²) in [6.45, 7) is 3.25. The second-order valence-electron chi connectivity index (χ2n) is 3.53. The Labute approximate surface area is 74.0 Å². The smallest absolute Gasteiger partial charge is 0.0668 e. The summed E-state index contributed by atoms with van der Waals surface area (Å²) < 4.78 is 0. The molecule has 1 rings (SSSR count). The summed E-state index contributed by atoms with van der Waals surface area (Å²) in [5.41, 5.74) is 0. The maximum atomic E-state index is 9.49. The van der Waals surface area contributed by atoms with E-state index in [0.717, 1.165) is 32.5 Å². The predicted molar refractivity (Wildman–Crippen MR) is 48.0 cm³/mol. The normalized spacial score (nSPS) is 21.5. The highest BCUT2D eigenvalue weighted by Crippen LogP contribution is 2.09. The van der Waals surface area contributed by atoms with Gasteiger partial charge in [0.15, 0.2) is 0 Å². The van der Waals surface area contributed by atoms with Crippen LogP contribution in [-0.2, 0) is 0 Å². The molecule has 3 heteroatoms. The predicted octanol–water partition coefficient (Wildman–Crippen LogP) is 0.216. The van der Waals surface area contributed by atoms with Crippen LogP contribution in [0.15, 0.2) is 0 Å². The average Bonchev–Trinajstić information content (AvgIpc) is 2.53. The van der Waals surface area contributed by atoms with Gasteiger partial charge in [0.1, 0.15) is 0 Å². The summed E-state index contributed by atoms with van der Waals surface area (Å²) in [5.74, 6) is 0. The molecule has 3 nitrogen and oxygen atoms in total. The molecule has 0 aliphatic carbocycles. The van der Waals surface area contributed by atoms with Crippen molar-refractivity contribution in [3.8, 4) is 0 Å². The third-order valence-electron chi connectivity index (χ3n) is 2.36. The summed E-state index contributed by atoms with van der Waals surface area (Å²) in [6, 6.07) is 0. The van der Waals surface area contributed by atoms with Gasteiger partial charge >= 0.3 is 0 Å². The molecule has 1 saturated heterocycles. The molecule has 1 aliphatic heterocycles. The van der Waals surface area contributed by atoms with Crippen molar-refractivity contribution in [2.24, 2.45) is 0 Å². The van der Waals surface area contributed by atoms with Crippen molar-refractivity contribution in [3.63, 3.8) is 0 Å². The number of β-amino-alcohol motifs (C(OH)–C–C–N with tert-alkyl or cyclic N) is 1. The number of rotatable bonds is 5. The fourth-order valence-electron chi connectivity index (χ4n) is 1.68. The quantitative estimate of drug-likeness (QED) is 0.625. The Kier molecular flexibility index (Phi) is 4.58. The van der Waals surface area contributed by atoms with Gasteiger partial charge in [-0.3, -0.25) is 0 Å². The van der Waals surface area contributed by atoms with Crippen LogP contribution in [0.1, 0.15) is 25.7 Å². The van der Waals surface area contributed by atoms with Crippen molar-refractivity contribution in [2.45, 2.75) is 31.8 Å². The third kappa shape index (κ3) is 3.52. The Bertz CT molecular complexity index is 113. The van der Waals surface area contributed by atoms with Crippen LogP contribution in [0.3, 0.4) is 0 Å². The molecule has 0 radical (unpaired) electrons. The minimum absolute atomic E-state index is 0.192. The molecule has 1 unspecified atom stereocenters. The van der Waals surface area contributed by atoms with Crippen molar-refractivity contribution in [1.29, 1.82) is 0 Å². The van der Waals surface area contributed by atoms with Gasteiger partial charge in [-0.05, 0) is 38.8 Å². The van der Waals surface area contributed by atoms with Crippen LogP contribution in [0.25, 0.3) is 0 Å². The number of aliphatic hydroxyl groups excluding tert-OH is 2. The molecule has 12 heavy (non-hydrogen) atoms. The topological polar surface area (TPSA) is 43.7 Å². The van der Waals surface area contributed by atoms with Crippen LogP contribution in [0.4, 0.5) is 0 Å². The van der Waals surface area contributed by atoms with Gasteiger partial charge in [-0.25, -0.2) is 0 Å². The maximum absolute atomic E-state index is 9.49. The van der Waals surface area contributed by atoms with Crippen LogP contribution >= 0.6 is 0 Å². The first-order chi connectivity index (χ1) is 5.83. The SMILES string of the molecule is OCCCC(O)CN1CCCC1. The van der Waals surface area contributed by atoms with E-state index >= 15 is 0 Å². The van der Waals surface area contributed by atoms with Gasteiger partial charge in [0.2, 0.25) is 0 Å². The van der Waals surface area contributed by atoms with Crippen LogP contribution in [0, 0.1) is 0 Å². The highest BCUT2D eigenvalue weighted by molar-refractivity contribution is 4.69. The van der Waals surface area contributed by atoms with Crippen LogP contribution in [0.5, 0.6) is 0 Å². The lowest BCUT2D eigenvalue weighted by atomic mass is 10.2. The molecule has 1 aliphatic rings. The molecule has 1 fully saturated rings. The third-order valence-corrected chi connectivity index (χ3v) is 2.36. The molecule has 0 aromatic carbocycles. The van der Waals surface area contributed by atoms with E-state index in [1.165, 1.54) is 12.8 Å². The number of hydrogen-bond acceptors (Lipinski definition) is 3. The minimum atomic E-state index is -0.241. The van der Waals surface area contributed by atoms with Crippen molar-refractivity contribution in [3.05, 3.63) is 0 Å². The molecule has 0 aromatic heterocycles. The molecule has 0 spiro atoms. The lowest BCUT2D eigenvalue weighted by Gasteiger charge is -2.18. The molecule has 0 bridgehead atoms. The Balaban J connectivity index is 2.03. The number of aliphatic hydroxyl groups is 2. The van der Waals surface area contributed by atoms with Crippen molar-refractivity contribution >= 4 is 0 Å². The first kappa shape index (κ1) is 9.96. The number of nitrogens with zero attached hydrogens (tertiary/aromatic N) is 1. The van der Waals surface area contributed by atoms with Gasteiger partial charge in [0.05, 0.1) is 6.10 Å². The van der Waals surface area contributed by atoms with E-state index in [1.54, 1.807) is 0 Å². The standard InChI is InChI=1S/C9H19NO2/c11-7-3-4-9(12)8-10-5-1-2-6-10/h9,11-12H,1-8H2. The molecule has 2 N–H and O–H groups in total. The molecular weight excluding hydrogens is 154 g/mol. The summed E-state index contributed by atoms with van der Waals surface area (Å²) in [4.78, 5) is 2.29. The molecule has 0 aromatic rings. The van der Waals surface area contributed by atoms with Gasteiger partial charge < -0.3 is 15.1 Å². The Morgan fingerprint density at radius 1 is 1.25 bits per heavy atom. The number of likely N-dealkylation sites (tertiary alicyclic amines) is 1. The fraction of sp³-hybridized carbons (Fsp3) is 1.00. The van der Waals surface area contributed by atoms with Crippen molar-refractivity contribution < 1.29 is 10.2 Å². The molecule has 0 amide bonds. The van der Waals surface area contributed by atoms with E-state index in [0.29, 0.717) is 0 Å². The number of hydrogen-bond donors (Lipinski definition) is 2. The fourth-order valence-corrected chi connectivity index (χ4v) is 1.68. The van der Waals surface area contributed by atoms with Crippen molar-refractivity contribution in [2.75, 3.05) is 26.2 Å². The van der Waals surface area contributed by atoms with Crippen LogP contribution < -0.4 is 0 Å². The zero-order valence-electron chi connectivity index (χ0n) is 7.58. The summed E-state index contributed by atoms with van der Waals surface area (Å²) in [5, 5.41) is 18.0. The molecule has 1 atom stereocenters. The average molecular weight is 173 g/mol. The highest BCUT2D eigenvalue weighted by Gasteiger charge is 2.14. The second-order valence-corrected chi connectivity index (χ2v) is 3.53. The van der Waals surface area contributed by atoms with Crippen LogP contribution in [0.2, 0.25) is 0 Å². The minimum Gasteiger partial charge on any atom is -0.396 e. The monoisotopic (exact) mass is 173 g/mol. The summed E-state index contributed by atoms with van der Waals surface area (Å²) in [6.07, 6.45) is 3.75. The van der Waals surface area contributed by atoms with E-state index < -0.39 is 0 Å². The highest BCUT2D eigenvalue weighted by atomic mass is 16.3. The first-order valence-electron chi connectivity index (χ1n) is 4.84. The Morgan fingerprint density at radius 2 is 1.92 bits per heavy atom. The molecule has 72 valence electrons. The van der Waals surface area contributed by atoms with E-state index in [-0.39, 0.29) is 12.7 Å². The lowest BCUT2D eigenvalue weighted by molar-refractivity contribution is 0.108. The van der Waals surface area contributed by atoms with Gasteiger partial charge in [-0.15, -0.1) is 0 Å². The Morgan fingerprint density at radius 3 is 2.50 bits per heavy atom. The van der Waals surface area contributed by atoms with Crippen molar-refractivity contribution in [1.82, 2.24) is 4.90 Å². The molecule has 1 heterocycles. The zero-order valence-corrected chi connectivity index (χ0v) is 7.58. The second kappa shape index (κ2) is 5.51. The largest absolute Gasteiger partial charge is 0.396 e. The van der Waals surface area contributed by atoms with E-state index in [9.17, 15) is 5.11 Å². The Hall–Kier alpha value is -0.120. The zero-order chi connectivity index (χ0) is 8.81. The van der Waals surface area contributed by atoms with E-state index in [2.05, 4.69) is 4.90 Å². The van der Waals surface area contributed by atoms with Gasteiger partial charge in [0.25, 0.3) is 0 Å². The van der Waals surface area contributed by atoms with Gasteiger partial charge in [0, 0.05) is 13.2 Å². The first-order valence-corrected chi connectivity index (χ1v) is 4.84.